The van der Waals surface area contributed by atoms with Crippen molar-refractivity contribution in [2.45, 2.75) is 12.8 Å². The van der Waals surface area contributed by atoms with Gasteiger partial charge in [-0.25, -0.2) is 4.98 Å². The minimum Gasteiger partial charge on any atom is -0.351 e. The molecule has 0 radical (unpaired) electrons. The third kappa shape index (κ3) is 3.61. The van der Waals surface area contributed by atoms with Gasteiger partial charge in [0.1, 0.15) is 0 Å². The van der Waals surface area contributed by atoms with Crippen molar-refractivity contribution in [1.82, 2.24) is 10.3 Å². The molecule has 0 aliphatic heterocycles. The van der Waals surface area contributed by atoms with Crippen LogP contribution in [0, 0.1) is 5.95 Å². The lowest BCUT2D eigenvalue weighted by Crippen LogP contribution is -2.27. The second-order valence-corrected chi connectivity index (χ2v) is 4.39. The van der Waals surface area contributed by atoms with E-state index < -0.39 is 5.95 Å². The maximum absolute atomic E-state index is 12.6. The summed E-state index contributed by atoms with van der Waals surface area (Å²) < 4.78 is 12.6. The van der Waals surface area contributed by atoms with Crippen LogP contribution in [0.5, 0.6) is 0 Å². The molecule has 1 N–H and O–H groups in total. The third-order valence-electron chi connectivity index (χ3n) is 2.93. The van der Waals surface area contributed by atoms with Crippen LogP contribution in [0.15, 0.2) is 48.7 Å². The van der Waals surface area contributed by atoms with E-state index >= 15 is 0 Å². The van der Waals surface area contributed by atoms with Gasteiger partial charge in [-0.2, -0.15) is 4.39 Å². The van der Waals surface area contributed by atoms with E-state index in [2.05, 4.69) is 10.3 Å². The van der Waals surface area contributed by atoms with Crippen LogP contribution in [0.4, 0.5) is 4.39 Å². The van der Waals surface area contributed by atoms with Crippen molar-refractivity contribution in [3.63, 3.8) is 0 Å². The van der Waals surface area contributed by atoms with Gasteiger partial charge in [0.15, 0.2) is 0 Å². The Hall–Kier alpha value is -2.23. The summed E-state index contributed by atoms with van der Waals surface area (Å²) in [6.45, 7) is 2.57. The van der Waals surface area contributed by atoms with Crippen molar-refractivity contribution in [1.29, 1.82) is 0 Å². The number of amides is 1. The topological polar surface area (TPSA) is 42.0 Å². The zero-order valence-corrected chi connectivity index (χ0v) is 10.6. The van der Waals surface area contributed by atoms with Gasteiger partial charge in [0.2, 0.25) is 5.95 Å². The smallest absolute Gasteiger partial charge is 0.252 e. The standard InChI is InChI=1S/C15H15FN2O/c1-11(12-5-3-2-4-6-12)9-18-15(19)13-7-8-14(16)17-10-13/h2-8,10-11H,9H2,1H3,(H,18,19). The number of carbonyl (C=O) groups excluding carboxylic acids is 1. The molecule has 1 amide bonds. The second-order valence-electron chi connectivity index (χ2n) is 4.39. The van der Waals surface area contributed by atoms with E-state index in [-0.39, 0.29) is 11.8 Å². The van der Waals surface area contributed by atoms with Crippen LogP contribution in [0.25, 0.3) is 0 Å². The lowest BCUT2D eigenvalue weighted by Gasteiger charge is -2.12. The molecule has 1 unspecified atom stereocenters. The molecule has 0 spiro atoms. The Kier molecular flexibility index (Phi) is 4.23. The zero-order valence-electron chi connectivity index (χ0n) is 10.6. The molecule has 0 saturated carbocycles. The number of benzene rings is 1. The van der Waals surface area contributed by atoms with E-state index in [4.69, 9.17) is 0 Å². The van der Waals surface area contributed by atoms with E-state index in [1.807, 2.05) is 37.3 Å². The molecule has 1 atom stereocenters. The summed E-state index contributed by atoms with van der Waals surface area (Å²) in [5, 5.41) is 2.82. The van der Waals surface area contributed by atoms with Crippen molar-refractivity contribution >= 4 is 5.91 Å². The number of hydrogen-bond acceptors (Lipinski definition) is 2. The predicted octanol–water partition coefficient (Wildman–Crippen LogP) is 2.75. The maximum Gasteiger partial charge on any atom is 0.252 e. The van der Waals surface area contributed by atoms with Gasteiger partial charge >= 0.3 is 0 Å². The Morgan fingerprint density at radius 2 is 2.00 bits per heavy atom. The van der Waals surface area contributed by atoms with Crippen molar-refractivity contribution < 1.29 is 9.18 Å². The van der Waals surface area contributed by atoms with E-state index in [1.54, 1.807) is 0 Å². The van der Waals surface area contributed by atoms with E-state index in [1.165, 1.54) is 23.9 Å². The van der Waals surface area contributed by atoms with Crippen molar-refractivity contribution in [2.24, 2.45) is 0 Å². The first-order valence-corrected chi connectivity index (χ1v) is 6.11. The highest BCUT2D eigenvalue weighted by atomic mass is 19.1. The summed E-state index contributed by atoms with van der Waals surface area (Å²) in [4.78, 5) is 15.3. The average molecular weight is 258 g/mol. The molecule has 0 fully saturated rings. The lowest BCUT2D eigenvalue weighted by molar-refractivity contribution is 0.0951. The summed E-state index contributed by atoms with van der Waals surface area (Å²) in [5.74, 6) is -0.608. The molecule has 3 nitrogen and oxygen atoms in total. The first-order chi connectivity index (χ1) is 9.16. The fraction of sp³-hybridized carbons (Fsp3) is 0.200. The summed E-state index contributed by atoms with van der Waals surface area (Å²) in [6.07, 6.45) is 1.23. The van der Waals surface area contributed by atoms with E-state index in [9.17, 15) is 9.18 Å². The molecule has 0 aliphatic carbocycles. The third-order valence-corrected chi connectivity index (χ3v) is 2.93. The van der Waals surface area contributed by atoms with Gasteiger partial charge in [-0.1, -0.05) is 37.3 Å². The Balaban J connectivity index is 1.92. The SMILES string of the molecule is CC(CNC(=O)c1ccc(F)nc1)c1ccccc1. The first kappa shape index (κ1) is 13.2. The number of aromatic nitrogens is 1. The van der Waals surface area contributed by atoms with Gasteiger partial charge in [-0.05, 0) is 23.6 Å². The van der Waals surface area contributed by atoms with Crippen LogP contribution in [0.3, 0.4) is 0 Å². The van der Waals surface area contributed by atoms with Gasteiger partial charge in [-0.3, -0.25) is 4.79 Å². The highest BCUT2D eigenvalue weighted by molar-refractivity contribution is 5.93. The minimum atomic E-state index is -0.589. The number of carbonyl (C=O) groups is 1. The van der Waals surface area contributed by atoms with Crippen LogP contribution in [0.1, 0.15) is 28.8 Å². The number of pyridine rings is 1. The number of nitrogens with one attached hydrogen (secondary N) is 1. The highest BCUT2D eigenvalue weighted by Gasteiger charge is 2.09. The molecule has 4 heteroatoms. The largest absolute Gasteiger partial charge is 0.351 e. The summed E-state index contributed by atoms with van der Waals surface area (Å²) >= 11 is 0. The van der Waals surface area contributed by atoms with Crippen LogP contribution < -0.4 is 5.32 Å². The van der Waals surface area contributed by atoms with E-state index in [0.717, 1.165) is 0 Å². The Bertz CT molecular complexity index is 540. The normalized spacial score (nSPS) is 11.9. The quantitative estimate of drug-likeness (QED) is 0.857. The molecule has 2 rings (SSSR count). The molecular formula is C15H15FN2O. The van der Waals surface area contributed by atoms with Crippen LogP contribution in [-0.4, -0.2) is 17.4 Å². The summed E-state index contributed by atoms with van der Waals surface area (Å²) in [5.41, 5.74) is 1.53. The monoisotopic (exact) mass is 258 g/mol. The summed E-state index contributed by atoms with van der Waals surface area (Å²) in [7, 11) is 0. The van der Waals surface area contributed by atoms with Gasteiger partial charge in [-0.15, -0.1) is 0 Å². The van der Waals surface area contributed by atoms with Crippen molar-refractivity contribution in [2.75, 3.05) is 6.54 Å². The minimum absolute atomic E-state index is 0.221. The van der Waals surface area contributed by atoms with Gasteiger partial charge in [0.05, 0.1) is 5.56 Å². The van der Waals surface area contributed by atoms with Gasteiger partial charge < -0.3 is 5.32 Å². The predicted molar refractivity (Wildman–Crippen MR) is 71.4 cm³/mol. The highest BCUT2D eigenvalue weighted by Crippen LogP contribution is 2.13. The Morgan fingerprint density at radius 3 is 2.63 bits per heavy atom. The molecule has 0 aliphatic rings. The number of rotatable bonds is 4. The number of nitrogens with zero attached hydrogens (tertiary/aromatic N) is 1. The van der Waals surface area contributed by atoms with E-state index in [0.29, 0.717) is 12.1 Å². The number of halogens is 1. The number of hydrogen-bond donors (Lipinski definition) is 1. The fourth-order valence-corrected chi connectivity index (χ4v) is 1.76. The molecule has 1 aromatic heterocycles. The van der Waals surface area contributed by atoms with Gasteiger partial charge in [0, 0.05) is 12.7 Å². The molecule has 0 bridgehead atoms. The maximum atomic E-state index is 12.6. The molecule has 98 valence electrons. The Morgan fingerprint density at radius 1 is 1.26 bits per heavy atom. The molecule has 1 heterocycles. The molecule has 19 heavy (non-hydrogen) atoms. The zero-order chi connectivity index (χ0) is 13.7. The molecule has 2 aromatic rings. The van der Waals surface area contributed by atoms with Crippen LogP contribution in [-0.2, 0) is 0 Å². The lowest BCUT2D eigenvalue weighted by atomic mass is 10.0. The first-order valence-electron chi connectivity index (χ1n) is 6.11. The molecule has 0 saturated heterocycles. The van der Waals surface area contributed by atoms with Crippen molar-refractivity contribution in [3.05, 3.63) is 65.7 Å². The molecular weight excluding hydrogens is 243 g/mol. The van der Waals surface area contributed by atoms with Crippen LogP contribution >= 0.6 is 0 Å². The Labute approximate surface area is 111 Å². The van der Waals surface area contributed by atoms with Gasteiger partial charge in [0.25, 0.3) is 5.91 Å². The van der Waals surface area contributed by atoms with Crippen LogP contribution in [0.2, 0.25) is 0 Å². The van der Waals surface area contributed by atoms with Crippen molar-refractivity contribution in [3.8, 4) is 0 Å². The fourth-order valence-electron chi connectivity index (χ4n) is 1.76. The average Bonchev–Trinajstić information content (AvgIpc) is 2.46. The second kappa shape index (κ2) is 6.09. The summed E-state index contributed by atoms with van der Waals surface area (Å²) in [6, 6.07) is 12.5. The molecule has 1 aromatic carbocycles.